The molecule has 1 saturated heterocycles. The van der Waals surface area contributed by atoms with Gasteiger partial charge in [0, 0.05) is 20.6 Å². The van der Waals surface area contributed by atoms with Crippen LogP contribution in [0.25, 0.3) is 6.08 Å². The van der Waals surface area contributed by atoms with Crippen LogP contribution in [0.15, 0.2) is 45.8 Å². The Kier molecular flexibility index (Phi) is 6.24. The van der Waals surface area contributed by atoms with Crippen LogP contribution >= 0.6 is 39.3 Å². The molecule has 4 nitrogen and oxygen atoms in total. The molecule has 0 N–H and O–H groups in total. The van der Waals surface area contributed by atoms with Crippen molar-refractivity contribution in [3.8, 4) is 5.75 Å². The number of thioether (sulfide) groups is 1. The molecule has 0 bridgehead atoms. The number of nitrogens with zero attached hydrogens (tertiary/aromatic N) is 1. The zero-order valence-corrected chi connectivity index (χ0v) is 17.3. The van der Waals surface area contributed by atoms with Crippen LogP contribution in [0.3, 0.4) is 0 Å². The molecule has 0 aliphatic carbocycles. The van der Waals surface area contributed by atoms with Crippen LogP contribution in [0.4, 0.5) is 9.18 Å². The third kappa shape index (κ3) is 4.36. The van der Waals surface area contributed by atoms with Gasteiger partial charge < -0.3 is 4.74 Å². The molecule has 1 aliphatic heterocycles. The van der Waals surface area contributed by atoms with E-state index < -0.39 is 17.0 Å². The molecular formula is C19H14BrClFNO3S. The molecule has 0 aromatic heterocycles. The summed E-state index contributed by atoms with van der Waals surface area (Å²) in [4.78, 5) is 26.2. The molecular weight excluding hydrogens is 457 g/mol. The Labute approximate surface area is 173 Å². The highest BCUT2D eigenvalue weighted by Crippen LogP contribution is 2.36. The van der Waals surface area contributed by atoms with Gasteiger partial charge in [-0.3, -0.25) is 14.5 Å². The molecule has 27 heavy (non-hydrogen) atoms. The summed E-state index contributed by atoms with van der Waals surface area (Å²) < 4.78 is 20.4. The summed E-state index contributed by atoms with van der Waals surface area (Å²) in [5, 5.41) is -0.304. The first-order valence-corrected chi connectivity index (χ1v) is 10.00. The topological polar surface area (TPSA) is 46.6 Å². The first kappa shape index (κ1) is 19.9. The lowest BCUT2D eigenvalue weighted by Gasteiger charge is -2.14. The van der Waals surface area contributed by atoms with Crippen LogP contribution < -0.4 is 4.74 Å². The van der Waals surface area contributed by atoms with E-state index in [0.29, 0.717) is 17.9 Å². The van der Waals surface area contributed by atoms with E-state index >= 15 is 0 Å². The Bertz CT molecular complexity index is 930. The molecule has 8 heteroatoms. The Hall–Kier alpha value is -1.83. The Morgan fingerprint density at radius 2 is 2.07 bits per heavy atom. The maximum absolute atomic E-state index is 14.0. The van der Waals surface area contributed by atoms with E-state index in [1.165, 1.54) is 18.2 Å². The van der Waals surface area contributed by atoms with Crippen molar-refractivity contribution in [2.45, 2.75) is 13.5 Å². The van der Waals surface area contributed by atoms with Crippen molar-refractivity contribution in [3.05, 3.63) is 67.7 Å². The van der Waals surface area contributed by atoms with Gasteiger partial charge in [-0.15, -0.1) is 0 Å². The van der Waals surface area contributed by atoms with Gasteiger partial charge in [0.15, 0.2) is 0 Å². The smallest absolute Gasteiger partial charge is 0.293 e. The van der Waals surface area contributed by atoms with Gasteiger partial charge in [0.05, 0.1) is 18.1 Å². The normalized spacial score (nSPS) is 15.7. The molecule has 0 unspecified atom stereocenters. The summed E-state index contributed by atoms with van der Waals surface area (Å²) in [7, 11) is 0. The van der Waals surface area contributed by atoms with Crippen LogP contribution in [0, 0.1) is 5.82 Å². The molecule has 0 saturated carbocycles. The highest BCUT2D eigenvalue weighted by Gasteiger charge is 2.36. The fourth-order valence-electron chi connectivity index (χ4n) is 2.54. The van der Waals surface area contributed by atoms with Gasteiger partial charge in [-0.2, -0.15) is 0 Å². The highest BCUT2D eigenvalue weighted by atomic mass is 79.9. The second-order valence-corrected chi connectivity index (χ2v) is 7.90. The molecule has 2 amide bonds. The average molecular weight is 471 g/mol. The molecule has 0 radical (unpaired) electrons. The number of carbonyl (C=O) groups is 2. The third-order valence-electron chi connectivity index (χ3n) is 3.81. The lowest BCUT2D eigenvalue weighted by molar-refractivity contribution is -0.123. The van der Waals surface area contributed by atoms with Crippen LogP contribution in [-0.2, 0) is 11.3 Å². The van der Waals surface area contributed by atoms with Gasteiger partial charge in [-0.05, 0) is 55.1 Å². The number of halogens is 3. The molecule has 140 valence electrons. The molecule has 1 fully saturated rings. The molecule has 0 spiro atoms. The molecule has 0 atom stereocenters. The van der Waals surface area contributed by atoms with Crippen molar-refractivity contribution in [1.29, 1.82) is 0 Å². The van der Waals surface area contributed by atoms with Crippen molar-refractivity contribution < 1.29 is 18.7 Å². The minimum Gasteiger partial charge on any atom is -0.493 e. The first-order valence-electron chi connectivity index (χ1n) is 8.01. The summed E-state index contributed by atoms with van der Waals surface area (Å²) in [5.41, 5.74) is 0.779. The standard InChI is InChI=1S/C19H14BrClFNO3S/c1-2-26-16-7-6-12(20)8-11(16)9-17-18(24)23(19(25)27-17)10-13-14(21)4-3-5-15(13)22/h3-9H,2,10H2,1H3/b17-9+. The molecule has 2 aromatic rings. The van der Waals surface area contributed by atoms with Crippen molar-refractivity contribution in [2.75, 3.05) is 6.61 Å². The van der Waals surface area contributed by atoms with Crippen molar-refractivity contribution in [3.63, 3.8) is 0 Å². The number of rotatable bonds is 5. The van der Waals surface area contributed by atoms with Crippen LogP contribution in [0.5, 0.6) is 5.75 Å². The van der Waals surface area contributed by atoms with Crippen molar-refractivity contribution in [2.24, 2.45) is 0 Å². The van der Waals surface area contributed by atoms with Crippen LogP contribution in [-0.4, -0.2) is 22.7 Å². The Balaban J connectivity index is 1.90. The van der Waals surface area contributed by atoms with Crippen LogP contribution in [0.1, 0.15) is 18.1 Å². The van der Waals surface area contributed by atoms with Gasteiger partial charge >= 0.3 is 0 Å². The maximum Gasteiger partial charge on any atom is 0.293 e. The number of carbonyl (C=O) groups excluding carboxylic acids is 2. The molecule has 1 aliphatic rings. The minimum absolute atomic E-state index is 0.111. The van der Waals surface area contributed by atoms with Gasteiger partial charge in [0.2, 0.25) is 0 Å². The van der Waals surface area contributed by atoms with E-state index in [1.807, 2.05) is 13.0 Å². The number of ether oxygens (including phenoxy) is 1. The molecule has 2 aromatic carbocycles. The van der Waals surface area contributed by atoms with Crippen molar-refractivity contribution >= 4 is 56.5 Å². The van der Waals surface area contributed by atoms with E-state index in [9.17, 15) is 14.0 Å². The van der Waals surface area contributed by atoms with Crippen LogP contribution in [0.2, 0.25) is 5.02 Å². The van der Waals surface area contributed by atoms with E-state index in [0.717, 1.165) is 21.1 Å². The third-order valence-corrected chi connectivity index (χ3v) is 5.56. The number of imide groups is 1. The number of hydrogen-bond donors (Lipinski definition) is 0. The summed E-state index contributed by atoms with van der Waals surface area (Å²) >= 11 is 10.2. The summed E-state index contributed by atoms with van der Waals surface area (Å²) in [5.74, 6) is -0.451. The fourth-order valence-corrected chi connectivity index (χ4v) is 3.97. The van der Waals surface area contributed by atoms with E-state index in [4.69, 9.17) is 16.3 Å². The van der Waals surface area contributed by atoms with Gasteiger partial charge in [0.25, 0.3) is 11.1 Å². The lowest BCUT2D eigenvalue weighted by Crippen LogP contribution is -2.28. The second kappa shape index (κ2) is 8.46. The zero-order valence-electron chi connectivity index (χ0n) is 14.2. The highest BCUT2D eigenvalue weighted by molar-refractivity contribution is 9.10. The van der Waals surface area contributed by atoms with E-state index in [-0.39, 0.29) is 22.0 Å². The Morgan fingerprint density at radius 1 is 1.30 bits per heavy atom. The quantitative estimate of drug-likeness (QED) is 0.512. The zero-order chi connectivity index (χ0) is 19.6. The summed E-state index contributed by atoms with van der Waals surface area (Å²) in [6.45, 7) is 2.11. The first-order chi connectivity index (χ1) is 12.9. The predicted octanol–water partition coefficient (Wildman–Crippen LogP) is 5.88. The van der Waals surface area contributed by atoms with E-state index in [2.05, 4.69) is 15.9 Å². The van der Waals surface area contributed by atoms with Crippen molar-refractivity contribution in [1.82, 2.24) is 4.90 Å². The average Bonchev–Trinajstić information content (AvgIpc) is 2.88. The van der Waals surface area contributed by atoms with Gasteiger partial charge in [-0.25, -0.2) is 4.39 Å². The Morgan fingerprint density at radius 3 is 2.78 bits per heavy atom. The minimum atomic E-state index is -0.559. The van der Waals surface area contributed by atoms with Gasteiger partial charge in [-0.1, -0.05) is 33.6 Å². The molecule has 3 rings (SSSR count). The summed E-state index contributed by atoms with van der Waals surface area (Å²) in [6.07, 6.45) is 1.60. The summed E-state index contributed by atoms with van der Waals surface area (Å²) in [6, 6.07) is 9.64. The van der Waals surface area contributed by atoms with Gasteiger partial charge in [0.1, 0.15) is 11.6 Å². The number of benzene rings is 2. The number of hydrogen-bond acceptors (Lipinski definition) is 4. The largest absolute Gasteiger partial charge is 0.493 e. The maximum atomic E-state index is 14.0. The SMILES string of the molecule is CCOc1ccc(Br)cc1/C=C1/SC(=O)N(Cc2c(F)cccc2Cl)C1=O. The monoisotopic (exact) mass is 469 g/mol. The number of amides is 2. The molecule has 1 heterocycles. The lowest BCUT2D eigenvalue weighted by atomic mass is 10.1. The second-order valence-electron chi connectivity index (χ2n) is 5.58. The fraction of sp³-hybridized carbons (Fsp3) is 0.158. The predicted molar refractivity (Wildman–Crippen MR) is 108 cm³/mol. The van der Waals surface area contributed by atoms with E-state index in [1.54, 1.807) is 18.2 Å².